The summed E-state index contributed by atoms with van der Waals surface area (Å²) in [6, 6.07) is 3.27. The van der Waals surface area contributed by atoms with E-state index in [0.717, 1.165) is 4.47 Å². The van der Waals surface area contributed by atoms with E-state index in [0.29, 0.717) is 16.3 Å². The van der Waals surface area contributed by atoms with E-state index in [1.165, 1.54) is 14.0 Å². The zero-order chi connectivity index (χ0) is 10.0. The van der Waals surface area contributed by atoms with Crippen LogP contribution in [0.3, 0.4) is 0 Å². The lowest BCUT2D eigenvalue weighted by atomic mass is 10.1. The summed E-state index contributed by atoms with van der Waals surface area (Å²) in [6.07, 6.45) is 0. The van der Waals surface area contributed by atoms with E-state index in [4.69, 9.17) is 16.3 Å². The average molecular weight is 264 g/mol. The summed E-state index contributed by atoms with van der Waals surface area (Å²) in [5, 5.41) is 0.431. The van der Waals surface area contributed by atoms with Crippen LogP contribution >= 0.6 is 27.5 Å². The van der Waals surface area contributed by atoms with Crippen LogP contribution in [0.2, 0.25) is 5.02 Å². The number of ether oxygens (including phenoxy) is 1. The number of carbonyl (C=O) groups is 1. The van der Waals surface area contributed by atoms with E-state index in [-0.39, 0.29) is 5.78 Å². The maximum Gasteiger partial charge on any atom is 0.161 e. The standard InChI is InChI=1S/C9H8BrClO2/c1-5(12)6-3-9(13-2)7(10)4-8(6)11/h3-4H,1-2H3. The van der Waals surface area contributed by atoms with E-state index in [9.17, 15) is 4.79 Å². The second kappa shape index (κ2) is 4.11. The van der Waals surface area contributed by atoms with Gasteiger partial charge in [0.15, 0.2) is 5.78 Å². The molecule has 0 aliphatic rings. The fourth-order valence-electron chi connectivity index (χ4n) is 0.955. The highest BCUT2D eigenvalue weighted by atomic mass is 79.9. The van der Waals surface area contributed by atoms with Crippen LogP contribution in [0.1, 0.15) is 17.3 Å². The number of Topliss-reactive ketones (excluding diaryl/α,β-unsaturated/α-hetero) is 1. The largest absolute Gasteiger partial charge is 0.496 e. The minimum Gasteiger partial charge on any atom is -0.496 e. The van der Waals surface area contributed by atoms with E-state index >= 15 is 0 Å². The molecule has 0 unspecified atom stereocenters. The van der Waals surface area contributed by atoms with Crippen molar-refractivity contribution < 1.29 is 9.53 Å². The van der Waals surface area contributed by atoms with E-state index in [1.54, 1.807) is 12.1 Å². The molecule has 0 bridgehead atoms. The van der Waals surface area contributed by atoms with Gasteiger partial charge in [-0.2, -0.15) is 0 Å². The third-order valence-corrected chi connectivity index (χ3v) is 2.55. The van der Waals surface area contributed by atoms with Gasteiger partial charge in [-0.3, -0.25) is 4.79 Å². The monoisotopic (exact) mass is 262 g/mol. The van der Waals surface area contributed by atoms with Crippen LogP contribution in [0.25, 0.3) is 0 Å². The molecule has 0 N–H and O–H groups in total. The molecule has 70 valence electrons. The lowest BCUT2D eigenvalue weighted by Crippen LogP contribution is -1.95. The summed E-state index contributed by atoms with van der Waals surface area (Å²) in [5.74, 6) is 0.533. The molecule has 0 aromatic heterocycles. The van der Waals surface area contributed by atoms with Gasteiger partial charge in [-0.25, -0.2) is 0 Å². The highest BCUT2D eigenvalue weighted by Gasteiger charge is 2.10. The first kappa shape index (κ1) is 10.5. The molecule has 0 spiro atoms. The maximum absolute atomic E-state index is 11.1. The van der Waals surface area contributed by atoms with Crippen molar-refractivity contribution in [3.63, 3.8) is 0 Å². The predicted octanol–water partition coefficient (Wildman–Crippen LogP) is 3.31. The van der Waals surface area contributed by atoms with Gasteiger partial charge in [-0.05, 0) is 35.0 Å². The lowest BCUT2D eigenvalue weighted by molar-refractivity contribution is 0.101. The Hall–Kier alpha value is -0.540. The summed E-state index contributed by atoms with van der Waals surface area (Å²) in [4.78, 5) is 11.1. The number of halogens is 2. The Kier molecular flexibility index (Phi) is 3.33. The summed E-state index contributed by atoms with van der Waals surface area (Å²) in [5.41, 5.74) is 0.474. The molecular weight excluding hydrogens is 255 g/mol. The summed E-state index contributed by atoms with van der Waals surface area (Å²) >= 11 is 9.12. The van der Waals surface area contributed by atoms with Gasteiger partial charge in [0.2, 0.25) is 0 Å². The number of hydrogen-bond acceptors (Lipinski definition) is 2. The van der Waals surface area contributed by atoms with Gasteiger partial charge in [0.05, 0.1) is 16.6 Å². The Morgan fingerprint density at radius 3 is 2.62 bits per heavy atom. The van der Waals surface area contributed by atoms with Gasteiger partial charge in [0.25, 0.3) is 0 Å². The second-order valence-corrected chi connectivity index (χ2v) is 3.78. The van der Waals surface area contributed by atoms with Crippen LogP contribution in [0.4, 0.5) is 0 Å². The van der Waals surface area contributed by atoms with Crippen molar-refractivity contribution in [2.45, 2.75) is 6.92 Å². The van der Waals surface area contributed by atoms with Crippen molar-refractivity contribution in [2.75, 3.05) is 7.11 Å². The molecular formula is C9H8BrClO2. The van der Waals surface area contributed by atoms with Crippen molar-refractivity contribution in [3.05, 3.63) is 27.2 Å². The summed E-state index contributed by atoms with van der Waals surface area (Å²) in [6.45, 7) is 1.47. The zero-order valence-corrected chi connectivity index (χ0v) is 9.57. The van der Waals surface area contributed by atoms with Crippen molar-refractivity contribution >= 4 is 33.3 Å². The van der Waals surface area contributed by atoms with E-state index < -0.39 is 0 Å². The van der Waals surface area contributed by atoms with Crippen LogP contribution in [0.5, 0.6) is 5.75 Å². The molecule has 0 aliphatic carbocycles. The summed E-state index contributed by atoms with van der Waals surface area (Å²) < 4.78 is 5.77. The third kappa shape index (κ3) is 2.23. The van der Waals surface area contributed by atoms with E-state index in [2.05, 4.69) is 15.9 Å². The quantitative estimate of drug-likeness (QED) is 0.765. The highest BCUT2D eigenvalue weighted by molar-refractivity contribution is 9.10. The Bertz CT molecular complexity index is 350. The van der Waals surface area contributed by atoms with Crippen LogP contribution < -0.4 is 4.74 Å². The second-order valence-electron chi connectivity index (χ2n) is 2.52. The topological polar surface area (TPSA) is 26.3 Å². The Labute approximate surface area is 90.0 Å². The SMILES string of the molecule is COc1cc(C(C)=O)c(Cl)cc1Br. The Morgan fingerprint density at radius 1 is 1.54 bits per heavy atom. The van der Waals surface area contributed by atoms with Crippen LogP contribution in [0.15, 0.2) is 16.6 Å². The van der Waals surface area contributed by atoms with Crippen LogP contribution in [-0.4, -0.2) is 12.9 Å². The van der Waals surface area contributed by atoms with Crippen molar-refractivity contribution in [1.82, 2.24) is 0 Å². The van der Waals surface area contributed by atoms with Crippen LogP contribution in [0, 0.1) is 0 Å². The van der Waals surface area contributed by atoms with Gasteiger partial charge in [0, 0.05) is 5.56 Å². The molecule has 0 aliphatic heterocycles. The molecule has 4 heteroatoms. The number of benzene rings is 1. The first-order chi connectivity index (χ1) is 6.06. The van der Waals surface area contributed by atoms with E-state index in [1.807, 2.05) is 0 Å². The fourth-order valence-corrected chi connectivity index (χ4v) is 1.89. The minimum absolute atomic E-state index is 0.0733. The lowest BCUT2D eigenvalue weighted by Gasteiger charge is -2.06. The third-order valence-electron chi connectivity index (χ3n) is 1.62. The normalized spacial score (nSPS) is 9.85. The van der Waals surface area contributed by atoms with Crippen molar-refractivity contribution in [3.8, 4) is 5.75 Å². The molecule has 0 amide bonds. The molecule has 0 saturated carbocycles. The molecule has 0 atom stereocenters. The molecule has 0 heterocycles. The molecule has 2 nitrogen and oxygen atoms in total. The molecule has 0 radical (unpaired) electrons. The van der Waals surface area contributed by atoms with Gasteiger partial charge in [-0.15, -0.1) is 0 Å². The van der Waals surface area contributed by atoms with Gasteiger partial charge >= 0.3 is 0 Å². The number of rotatable bonds is 2. The van der Waals surface area contributed by atoms with Crippen molar-refractivity contribution in [1.29, 1.82) is 0 Å². The summed E-state index contributed by atoms with van der Waals surface area (Å²) in [7, 11) is 1.54. The number of hydrogen-bond donors (Lipinski definition) is 0. The fraction of sp³-hybridized carbons (Fsp3) is 0.222. The maximum atomic E-state index is 11.1. The molecule has 1 aromatic carbocycles. The molecule has 0 saturated heterocycles. The first-order valence-electron chi connectivity index (χ1n) is 3.60. The predicted molar refractivity (Wildman–Crippen MR) is 55.7 cm³/mol. The number of carbonyl (C=O) groups excluding carboxylic acids is 1. The van der Waals surface area contributed by atoms with Crippen LogP contribution in [-0.2, 0) is 0 Å². The average Bonchev–Trinajstić information content (AvgIpc) is 2.03. The molecule has 1 rings (SSSR count). The highest BCUT2D eigenvalue weighted by Crippen LogP contribution is 2.31. The number of ketones is 1. The smallest absolute Gasteiger partial charge is 0.161 e. The number of methoxy groups -OCH3 is 1. The first-order valence-corrected chi connectivity index (χ1v) is 4.77. The van der Waals surface area contributed by atoms with Gasteiger partial charge < -0.3 is 4.74 Å². The molecule has 0 fully saturated rings. The van der Waals surface area contributed by atoms with Crippen molar-refractivity contribution in [2.24, 2.45) is 0 Å². The Balaban J connectivity index is 3.30. The molecule has 1 aromatic rings. The zero-order valence-electron chi connectivity index (χ0n) is 7.23. The van der Waals surface area contributed by atoms with Gasteiger partial charge in [0.1, 0.15) is 5.75 Å². The Morgan fingerprint density at radius 2 is 2.15 bits per heavy atom. The minimum atomic E-state index is -0.0733. The molecule has 13 heavy (non-hydrogen) atoms. The van der Waals surface area contributed by atoms with Gasteiger partial charge in [-0.1, -0.05) is 11.6 Å².